The second-order valence-electron chi connectivity index (χ2n) is 4.13. The smallest absolute Gasteiger partial charge is 0.320 e. The van der Waals surface area contributed by atoms with Crippen molar-refractivity contribution in [3.8, 4) is 0 Å². The molecule has 0 radical (unpaired) electrons. The molecule has 0 bridgehead atoms. The van der Waals surface area contributed by atoms with Crippen LogP contribution < -0.4 is 0 Å². The maximum atomic E-state index is 11.3. The van der Waals surface area contributed by atoms with Crippen molar-refractivity contribution in [3.05, 3.63) is 48.0 Å². The highest BCUT2D eigenvalue weighted by Crippen LogP contribution is 2.05. The van der Waals surface area contributed by atoms with Crippen LogP contribution in [0, 0.1) is 6.92 Å². The van der Waals surface area contributed by atoms with Gasteiger partial charge in [0.25, 0.3) is 0 Å². The molecule has 0 N–H and O–H groups in total. The summed E-state index contributed by atoms with van der Waals surface area (Å²) in [6, 6.07) is 8.28. The predicted octanol–water partition coefficient (Wildman–Crippen LogP) is 2.16. The summed E-state index contributed by atoms with van der Waals surface area (Å²) in [6.07, 6.45) is 1.57. The molecule has 0 unspecified atom stereocenters. The molecule has 3 heteroatoms. The molecule has 0 spiro atoms. The molecule has 1 rings (SSSR count). The second-order valence-corrected chi connectivity index (χ2v) is 4.13. The van der Waals surface area contributed by atoms with Crippen LogP contribution in [0.3, 0.4) is 0 Å². The lowest BCUT2D eigenvalue weighted by Crippen LogP contribution is -2.27. The Bertz CT molecular complexity index is 370. The zero-order valence-corrected chi connectivity index (χ0v) is 10.5. The Hall–Kier alpha value is -1.61. The van der Waals surface area contributed by atoms with Crippen LogP contribution in [0.4, 0.5) is 0 Å². The summed E-state index contributed by atoms with van der Waals surface area (Å²) in [6.45, 7) is 6.86. The molecule has 0 aliphatic carbocycles. The van der Waals surface area contributed by atoms with Crippen molar-refractivity contribution < 1.29 is 9.53 Å². The van der Waals surface area contributed by atoms with Gasteiger partial charge in [0, 0.05) is 6.54 Å². The molecule has 0 fully saturated rings. The summed E-state index contributed by atoms with van der Waals surface area (Å²) in [4.78, 5) is 13.3. The van der Waals surface area contributed by atoms with Crippen molar-refractivity contribution >= 4 is 5.97 Å². The molecule has 1 aromatic carbocycles. The van der Waals surface area contributed by atoms with E-state index in [0.29, 0.717) is 6.54 Å². The SMILES string of the molecule is C=CCOC(=O)CN(C)Cc1ccc(C)cc1. The van der Waals surface area contributed by atoms with Gasteiger partial charge >= 0.3 is 5.97 Å². The first kappa shape index (κ1) is 13.5. The summed E-state index contributed by atoms with van der Waals surface area (Å²) < 4.78 is 4.92. The Labute approximate surface area is 103 Å². The minimum atomic E-state index is -0.223. The third-order valence-electron chi connectivity index (χ3n) is 2.33. The highest BCUT2D eigenvalue weighted by molar-refractivity contribution is 5.71. The van der Waals surface area contributed by atoms with E-state index in [1.807, 2.05) is 11.9 Å². The van der Waals surface area contributed by atoms with E-state index in [0.717, 1.165) is 6.54 Å². The van der Waals surface area contributed by atoms with Crippen LogP contribution in [-0.4, -0.2) is 31.1 Å². The van der Waals surface area contributed by atoms with Gasteiger partial charge in [-0.3, -0.25) is 9.69 Å². The molecule has 0 atom stereocenters. The average molecular weight is 233 g/mol. The summed E-state index contributed by atoms with van der Waals surface area (Å²) >= 11 is 0. The van der Waals surface area contributed by atoms with Gasteiger partial charge in [-0.05, 0) is 19.5 Å². The van der Waals surface area contributed by atoms with Gasteiger partial charge in [-0.1, -0.05) is 42.5 Å². The molecule has 0 aliphatic rings. The number of rotatable bonds is 6. The third kappa shape index (κ3) is 5.31. The predicted molar refractivity (Wildman–Crippen MR) is 68.7 cm³/mol. The van der Waals surface area contributed by atoms with E-state index in [1.165, 1.54) is 11.1 Å². The number of likely N-dealkylation sites (N-methyl/N-ethyl adjacent to an activating group) is 1. The largest absolute Gasteiger partial charge is 0.461 e. The van der Waals surface area contributed by atoms with E-state index < -0.39 is 0 Å². The monoisotopic (exact) mass is 233 g/mol. The van der Waals surface area contributed by atoms with Gasteiger partial charge in [0.05, 0.1) is 6.54 Å². The van der Waals surface area contributed by atoms with Crippen LogP contribution in [0.25, 0.3) is 0 Å². The van der Waals surface area contributed by atoms with Gasteiger partial charge in [0.15, 0.2) is 0 Å². The zero-order valence-electron chi connectivity index (χ0n) is 10.5. The minimum absolute atomic E-state index is 0.223. The number of hydrogen-bond donors (Lipinski definition) is 0. The number of carbonyl (C=O) groups is 1. The van der Waals surface area contributed by atoms with Crippen LogP contribution in [0.2, 0.25) is 0 Å². The lowest BCUT2D eigenvalue weighted by atomic mass is 10.1. The molecule has 0 amide bonds. The molecule has 1 aromatic rings. The van der Waals surface area contributed by atoms with Gasteiger partial charge in [0.2, 0.25) is 0 Å². The van der Waals surface area contributed by atoms with E-state index in [4.69, 9.17) is 4.74 Å². The highest BCUT2D eigenvalue weighted by Gasteiger charge is 2.07. The second kappa shape index (κ2) is 6.86. The van der Waals surface area contributed by atoms with Crippen LogP contribution >= 0.6 is 0 Å². The van der Waals surface area contributed by atoms with Crippen LogP contribution in [0.1, 0.15) is 11.1 Å². The molecule has 0 saturated heterocycles. The Morgan fingerprint density at radius 2 is 2.06 bits per heavy atom. The Morgan fingerprint density at radius 3 is 2.65 bits per heavy atom. The fourth-order valence-electron chi connectivity index (χ4n) is 1.48. The number of carbonyl (C=O) groups excluding carboxylic acids is 1. The topological polar surface area (TPSA) is 29.5 Å². The van der Waals surface area contributed by atoms with Crippen molar-refractivity contribution in [2.24, 2.45) is 0 Å². The Balaban J connectivity index is 2.38. The fraction of sp³-hybridized carbons (Fsp3) is 0.357. The normalized spacial score (nSPS) is 10.3. The standard InChI is InChI=1S/C14H19NO2/c1-4-9-17-14(16)11-15(3)10-13-7-5-12(2)6-8-13/h4-8H,1,9-11H2,2-3H3. The third-order valence-corrected chi connectivity index (χ3v) is 2.33. The van der Waals surface area contributed by atoms with Crippen LogP contribution in [-0.2, 0) is 16.1 Å². The molecule has 92 valence electrons. The minimum Gasteiger partial charge on any atom is -0.461 e. The lowest BCUT2D eigenvalue weighted by molar-refractivity contribution is -0.143. The number of ether oxygens (including phenoxy) is 1. The van der Waals surface area contributed by atoms with E-state index in [2.05, 4.69) is 37.8 Å². The van der Waals surface area contributed by atoms with Crippen molar-refractivity contribution in [2.45, 2.75) is 13.5 Å². The number of nitrogens with zero attached hydrogens (tertiary/aromatic N) is 1. The highest BCUT2D eigenvalue weighted by atomic mass is 16.5. The van der Waals surface area contributed by atoms with Crippen molar-refractivity contribution in [1.82, 2.24) is 4.90 Å². The van der Waals surface area contributed by atoms with E-state index >= 15 is 0 Å². The quantitative estimate of drug-likeness (QED) is 0.557. The van der Waals surface area contributed by atoms with Crippen LogP contribution in [0.5, 0.6) is 0 Å². The zero-order chi connectivity index (χ0) is 12.7. The molecule has 0 aromatic heterocycles. The van der Waals surface area contributed by atoms with Crippen LogP contribution in [0.15, 0.2) is 36.9 Å². The van der Waals surface area contributed by atoms with Gasteiger partial charge < -0.3 is 4.74 Å². The van der Waals surface area contributed by atoms with Gasteiger partial charge in [-0.2, -0.15) is 0 Å². The first-order chi connectivity index (χ1) is 8.11. The average Bonchev–Trinajstić information content (AvgIpc) is 2.29. The maximum Gasteiger partial charge on any atom is 0.320 e. The number of benzene rings is 1. The molecule has 17 heavy (non-hydrogen) atoms. The molecular formula is C14H19NO2. The number of aryl methyl sites for hydroxylation is 1. The van der Waals surface area contributed by atoms with E-state index in [9.17, 15) is 4.79 Å². The Kier molecular flexibility index (Phi) is 5.43. The first-order valence-corrected chi connectivity index (χ1v) is 5.62. The molecule has 0 heterocycles. The summed E-state index contributed by atoms with van der Waals surface area (Å²) in [7, 11) is 1.90. The Morgan fingerprint density at radius 1 is 1.41 bits per heavy atom. The summed E-state index contributed by atoms with van der Waals surface area (Å²) in [5.74, 6) is -0.223. The maximum absolute atomic E-state index is 11.3. The molecule has 0 aliphatic heterocycles. The molecular weight excluding hydrogens is 214 g/mol. The van der Waals surface area contributed by atoms with Gasteiger partial charge in [-0.15, -0.1) is 0 Å². The number of esters is 1. The molecule has 0 saturated carbocycles. The van der Waals surface area contributed by atoms with E-state index in [1.54, 1.807) is 6.08 Å². The lowest BCUT2D eigenvalue weighted by Gasteiger charge is -2.15. The van der Waals surface area contributed by atoms with Gasteiger partial charge in [0.1, 0.15) is 6.61 Å². The number of hydrogen-bond acceptors (Lipinski definition) is 3. The fourth-order valence-corrected chi connectivity index (χ4v) is 1.48. The summed E-state index contributed by atoms with van der Waals surface area (Å²) in [5.41, 5.74) is 2.43. The molecule has 3 nitrogen and oxygen atoms in total. The first-order valence-electron chi connectivity index (χ1n) is 5.62. The van der Waals surface area contributed by atoms with E-state index in [-0.39, 0.29) is 12.6 Å². The van der Waals surface area contributed by atoms with Crippen molar-refractivity contribution in [1.29, 1.82) is 0 Å². The summed E-state index contributed by atoms with van der Waals surface area (Å²) in [5, 5.41) is 0. The van der Waals surface area contributed by atoms with Crippen molar-refractivity contribution in [2.75, 3.05) is 20.2 Å². The van der Waals surface area contributed by atoms with Gasteiger partial charge in [-0.25, -0.2) is 0 Å². The van der Waals surface area contributed by atoms with Crippen molar-refractivity contribution in [3.63, 3.8) is 0 Å².